The first kappa shape index (κ1) is 44.9. The number of carbonyl (C=O) groups is 4. The van der Waals surface area contributed by atoms with Crippen LogP contribution in [0.3, 0.4) is 0 Å². The Morgan fingerprint density at radius 3 is 1.98 bits per heavy atom. The van der Waals surface area contributed by atoms with Gasteiger partial charge < -0.3 is 48.1 Å². The summed E-state index contributed by atoms with van der Waals surface area (Å²) >= 11 is 0. The van der Waals surface area contributed by atoms with Gasteiger partial charge in [0.2, 0.25) is 0 Å². The topological polar surface area (TPSA) is 166 Å². The minimum Gasteiger partial charge on any atom is -0.497 e. The van der Waals surface area contributed by atoms with Crippen molar-refractivity contribution in [2.75, 3.05) is 70.6 Å². The van der Waals surface area contributed by atoms with E-state index in [-0.39, 0.29) is 73.1 Å². The van der Waals surface area contributed by atoms with E-state index in [1.165, 1.54) is 31.3 Å². The maximum absolute atomic E-state index is 14.2. The van der Waals surface area contributed by atoms with Crippen LogP contribution in [0.25, 0.3) is 5.57 Å². The number of methoxy groups -OCH3 is 3. The third-order valence-electron chi connectivity index (χ3n) is 12.9. The monoisotopic (exact) mass is 892 g/mol. The molecule has 1 aliphatic carbocycles. The fourth-order valence-electron chi connectivity index (χ4n) is 9.24. The molecule has 3 aromatic rings. The molecule has 0 bridgehead atoms. The minimum absolute atomic E-state index is 0.00349. The molecule has 1 saturated carbocycles. The maximum atomic E-state index is 14.2. The van der Waals surface area contributed by atoms with E-state index >= 15 is 0 Å². The Bertz CT molecular complexity index is 2360. The number of ether oxygens (including phenoxy) is 7. The normalized spacial score (nSPS) is 20.2. The number of anilines is 2. The van der Waals surface area contributed by atoms with Crippen LogP contribution in [0.5, 0.6) is 28.7 Å². The Morgan fingerprint density at radius 1 is 0.769 bits per heavy atom. The highest BCUT2D eigenvalue weighted by molar-refractivity contribution is 6.07. The molecular weight excluding hydrogens is 837 g/mol. The fraction of sp³-hybridized carbons (Fsp3) is 0.429. The number of aliphatic hydroxyl groups excluding tert-OH is 1. The second-order valence-corrected chi connectivity index (χ2v) is 16.9. The maximum Gasteiger partial charge on any atom is 0.416 e. The molecule has 1 unspecified atom stereocenters. The number of amides is 4. The van der Waals surface area contributed by atoms with Crippen molar-refractivity contribution in [3.05, 3.63) is 96.7 Å². The largest absolute Gasteiger partial charge is 0.497 e. The summed E-state index contributed by atoms with van der Waals surface area (Å²) in [4.78, 5) is 61.4. The smallest absolute Gasteiger partial charge is 0.416 e. The summed E-state index contributed by atoms with van der Waals surface area (Å²) in [6, 6.07) is 13.1. The Hall–Kier alpha value is -6.68. The molecule has 4 heterocycles. The summed E-state index contributed by atoms with van der Waals surface area (Å²) in [5, 5.41) is 11.8. The molecule has 4 aliphatic heterocycles. The van der Waals surface area contributed by atoms with E-state index in [1.807, 2.05) is 30.5 Å². The molecule has 16 heteroatoms. The molecule has 16 nitrogen and oxygen atoms in total. The highest BCUT2D eigenvalue weighted by Crippen LogP contribution is 2.57. The number of unbranched alkanes of at least 4 members (excludes halogenated alkanes) is 2. The average molecular weight is 893 g/mol. The molecule has 3 atom stereocenters. The summed E-state index contributed by atoms with van der Waals surface area (Å²) in [5.41, 5.74) is 2.99. The van der Waals surface area contributed by atoms with E-state index in [2.05, 4.69) is 13.2 Å². The zero-order valence-electron chi connectivity index (χ0n) is 37.1. The van der Waals surface area contributed by atoms with E-state index in [0.717, 1.165) is 41.0 Å². The third-order valence-corrected chi connectivity index (χ3v) is 12.9. The van der Waals surface area contributed by atoms with Crippen molar-refractivity contribution in [3.8, 4) is 28.7 Å². The second-order valence-electron chi connectivity index (χ2n) is 16.9. The van der Waals surface area contributed by atoms with Gasteiger partial charge in [-0.2, -0.15) is 0 Å². The molecule has 5 aliphatic rings. The van der Waals surface area contributed by atoms with Crippen LogP contribution in [-0.4, -0.2) is 118 Å². The summed E-state index contributed by atoms with van der Waals surface area (Å²) < 4.78 is 40.1. The van der Waals surface area contributed by atoms with Crippen LogP contribution >= 0.6 is 0 Å². The van der Waals surface area contributed by atoms with Crippen LogP contribution < -0.4 is 33.5 Å². The van der Waals surface area contributed by atoms with Crippen molar-refractivity contribution >= 4 is 40.9 Å². The lowest BCUT2D eigenvalue weighted by atomic mass is 9.87. The number of nitrogens with zero attached hydrogens (tertiary/aromatic N) is 4. The van der Waals surface area contributed by atoms with Gasteiger partial charge in [0.15, 0.2) is 29.2 Å². The van der Waals surface area contributed by atoms with E-state index in [9.17, 15) is 24.3 Å². The van der Waals surface area contributed by atoms with E-state index in [4.69, 9.17) is 33.2 Å². The van der Waals surface area contributed by atoms with Crippen molar-refractivity contribution in [2.24, 2.45) is 5.41 Å². The summed E-state index contributed by atoms with van der Waals surface area (Å²) in [5.74, 6) is 1.46. The number of rotatable bonds is 16. The van der Waals surface area contributed by atoms with Gasteiger partial charge in [0.25, 0.3) is 11.8 Å². The predicted octanol–water partition coefficient (Wildman–Crippen LogP) is 7.58. The van der Waals surface area contributed by atoms with Crippen molar-refractivity contribution in [1.82, 2.24) is 9.80 Å². The standard InChI is InChI=1S/C49H56N4O12/c1-6-19-64-47(57)52-30-33-23-32(31-11-13-34(59-3)14-12-31)29-51(33)45(55)35-24-40(60-4)42(26-37(35)52)62-21-9-8-10-22-63-43-27-38-36(25-41(43)61-5)44(54)50-18-17-49(15-16-49)28-39(50)46(56)53(38)48(58)65-20-7-2/h6-7,11-14,24-27,29,33,39,46,56H,1-2,8-10,15-23,28,30H2,3-5H3/t33-,39-,46?/m0/s1. The van der Waals surface area contributed by atoms with Crippen LogP contribution in [-0.2, 0) is 9.47 Å². The molecule has 1 spiro atoms. The lowest BCUT2D eigenvalue weighted by molar-refractivity contribution is 0.00827. The number of piperidine rings is 1. The average Bonchev–Trinajstić information content (AvgIpc) is 3.98. The third kappa shape index (κ3) is 9.04. The van der Waals surface area contributed by atoms with Crippen LogP contribution in [0.15, 0.2) is 80.0 Å². The molecule has 1 N–H and O–H groups in total. The van der Waals surface area contributed by atoms with Crippen LogP contribution in [0.1, 0.15) is 77.6 Å². The van der Waals surface area contributed by atoms with Gasteiger partial charge in [-0.15, -0.1) is 0 Å². The Labute approximate surface area is 378 Å². The summed E-state index contributed by atoms with van der Waals surface area (Å²) in [7, 11) is 4.58. The van der Waals surface area contributed by atoms with E-state index in [1.54, 1.807) is 41.2 Å². The molecule has 65 heavy (non-hydrogen) atoms. The van der Waals surface area contributed by atoms with E-state index < -0.39 is 24.5 Å². The molecular formula is C49H56N4O12. The van der Waals surface area contributed by atoms with Gasteiger partial charge in [-0.05, 0) is 92.2 Å². The van der Waals surface area contributed by atoms with Gasteiger partial charge in [-0.1, -0.05) is 37.4 Å². The number of hydrogen-bond acceptors (Lipinski definition) is 12. The highest BCUT2D eigenvalue weighted by Gasteiger charge is 2.54. The molecule has 8 rings (SSSR count). The van der Waals surface area contributed by atoms with Crippen LogP contribution in [0.4, 0.5) is 21.0 Å². The first-order valence-corrected chi connectivity index (χ1v) is 22.0. The molecule has 4 amide bonds. The molecule has 0 aromatic heterocycles. The Balaban J connectivity index is 0.939. The molecule has 3 aromatic carbocycles. The first-order chi connectivity index (χ1) is 31.5. The quantitative estimate of drug-likeness (QED) is 0.111. The van der Waals surface area contributed by atoms with Gasteiger partial charge in [0, 0.05) is 24.9 Å². The first-order valence-electron chi connectivity index (χ1n) is 22.0. The van der Waals surface area contributed by atoms with Crippen molar-refractivity contribution in [1.29, 1.82) is 0 Å². The molecule has 2 fully saturated rings. The number of fused-ring (bicyclic) bond motifs is 4. The lowest BCUT2D eigenvalue weighted by Crippen LogP contribution is -2.56. The summed E-state index contributed by atoms with van der Waals surface area (Å²) in [6.45, 7) is 8.45. The zero-order valence-corrected chi connectivity index (χ0v) is 37.1. The van der Waals surface area contributed by atoms with Crippen LogP contribution in [0.2, 0.25) is 0 Å². The zero-order chi connectivity index (χ0) is 45.8. The molecule has 1 saturated heterocycles. The minimum atomic E-state index is -1.34. The SMILES string of the molecule is C=CCOC(=O)N1C[C@@H]2CC(c3ccc(OC)cc3)=CN2C(=O)c2cc(OC)c(OCCCCCOc3cc4c(cc3OC)C(=O)N3CCC5(CC5)C[C@H]3C(O)N4C(=O)OCC=C)cc21. The second kappa shape index (κ2) is 19.2. The van der Waals surface area contributed by atoms with Crippen LogP contribution in [0, 0.1) is 5.41 Å². The predicted molar refractivity (Wildman–Crippen MR) is 241 cm³/mol. The number of benzene rings is 3. The van der Waals surface area contributed by atoms with Crippen molar-refractivity contribution in [2.45, 2.75) is 69.7 Å². The van der Waals surface area contributed by atoms with Gasteiger partial charge in [-0.25, -0.2) is 14.5 Å². The lowest BCUT2D eigenvalue weighted by Gasteiger charge is -2.42. The van der Waals surface area contributed by atoms with Gasteiger partial charge in [-0.3, -0.25) is 14.5 Å². The Morgan fingerprint density at radius 2 is 1.38 bits per heavy atom. The number of aliphatic hydroxyl groups is 1. The number of carbonyl (C=O) groups excluding carboxylic acids is 4. The van der Waals surface area contributed by atoms with Gasteiger partial charge >= 0.3 is 12.2 Å². The fourth-order valence-corrected chi connectivity index (χ4v) is 9.24. The van der Waals surface area contributed by atoms with Crippen molar-refractivity contribution < 1.29 is 57.4 Å². The van der Waals surface area contributed by atoms with Crippen molar-refractivity contribution in [3.63, 3.8) is 0 Å². The Kier molecular flexibility index (Phi) is 13.3. The van der Waals surface area contributed by atoms with Gasteiger partial charge in [0.05, 0.1) is 75.7 Å². The van der Waals surface area contributed by atoms with Gasteiger partial charge in [0.1, 0.15) is 19.0 Å². The molecule has 0 radical (unpaired) electrons. The molecule has 344 valence electrons. The summed E-state index contributed by atoms with van der Waals surface area (Å²) in [6.07, 6.45) is 7.97. The van der Waals surface area contributed by atoms with E-state index in [0.29, 0.717) is 67.3 Å². The highest BCUT2D eigenvalue weighted by atomic mass is 16.6. The number of hydrogen-bond donors (Lipinski definition) is 1.